The van der Waals surface area contributed by atoms with E-state index >= 15 is 0 Å². The fourth-order valence-corrected chi connectivity index (χ4v) is 2.10. The van der Waals surface area contributed by atoms with Gasteiger partial charge in [-0.1, -0.05) is 18.2 Å². The van der Waals surface area contributed by atoms with Crippen LogP contribution in [0.4, 0.5) is 4.39 Å². The van der Waals surface area contributed by atoms with E-state index in [0.29, 0.717) is 0 Å². The molecule has 2 aromatic carbocycles. The van der Waals surface area contributed by atoms with Crippen molar-refractivity contribution in [3.8, 4) is 11.1 Å². The van der Waals surface area contributed by atoms with Gasteiger partial charge in [-0.2, -0.15) is 0 Å². The van der Waals surface area contributed by atoms with Crippen LogP contribution < -0.4 is 0 Å². The number of halogens is 1. The van der Waals surface area contributed by atoms with E-state index in [1.54, 1.807) is 18.2 Å². The van der Waals surface area contributed by atoms with Crippen LogP contribution in [0.1, 0.15) is 0 Å². The van der Waals surface area contributed by atoms with Crippen LogP contribution in [0.2, 0.25) is 0 Å². The first-order chi connectivity index (χ1) is 7.97. The first-order valence-corrected chi connectivity index (χ1v) is 6.84. The van der Waals surface area contributed by atoms with Crippen molar-refractivity contribution in [2.75, 3.05) is 6.26 Å². The van der Waals surface area contributed by atoms with Gasteiger partial charge in [-0.3, -0.25) is 0 Å². The van der Waals surface area contributed by atoms with Crippen molar-refractivity contribution in [3.63, 3.8) is 0 Å². The summed E-state index contributed by atoms with van der Waals surface area (Å²) in [6.45, 7) is 0. The summed E-state index contributed by atoms with van der Waals surface area (Å²) >= 11 is 0. The molecule has 0 N–H and O–H groups in total. The van der Waals surface area contributed by atoms with Crippen molar-refractivity contribution < 1.29 is 12.8 Å². The molecule has 0 saturated heterocycles. The minimum absolute atomic E-state index is 0.267. The molecule has 0 aliphatic heterocycles. The van der Waals surface area contributed by atoms with Gasteiger partial charge in [0.15, 0.2) is 9.84 Å². The van der Waals surface area contributed by atoms with E-state index in [4.69, 9.17) is 0 Å². The lowest BCUT2D eigenvalue weighted by Gasteiger charge is -2.02. The lowest BCUT2D eigenvalue weighted by atomic mass is 10.1. The maximum Gasteiger partial charge on any atom is 0.175 e. The number of rotatable bonds is 2. The van der Waals surface area contributed by atoms with Crippen LogP contribution in [-0.2, 0) is 9.84 Å². The molecule has 0 aliphatic carbocycles. The molecule has 0 amide bonds. The Bertz CT molecular complexity index is 613. The van der Waals surface area contributed by atoms with Gasteiger partial charge in [-0.25, -0.2) is 12.8 Å². The van der Waals surface area contributed by atoms with Gasteiger partial charge in [-0.05, 0) is 41.5 Å². The fraction of sp³-hybridized carbons (Fsp3) is 0.0769. The Hall–Kier alpha value is -1.68. The van der Waals surface area contributed by atoms with Crippen molar-refractivity contribution in [1.29, 1.82) is 0 Å². The molecule has 0 heterocycles. The zero-order chi connectivity index (χ0) is 12.5. The highest BCUT2D eigenvalue weighted by atomic mass is 32.2. The average Bonchev–Trinajstić information content (AvgIpc) is 2.29. The maximum atomic E-state index is 12.7. The Kier molecular flexibility index (Phi) is 2.98. The van der Waals surface area contributed by atoms with Crippen molar-refractivity contribution >= 4 is 9.84 Å². The largest absolute Gasteiger partial charge is 0.224 e. The van der Waals surface area contributed by atoms with Gasteiger partial charge in [0.05, 0.1) is 4.90 Å². The summed E-state index contributed by atoms with van der Waals surface area (Å²) in [5.41, 5.74) is 1.53. The van der Waals surface area contributed by atoms with Crippen molar-refractivity contribution in [2.45, 2.75) is 4.90 Å². The molecule has 0 spiro atoms. The number of hydrogen-bond acceptors (Lipinski definition) is 2. The van der Waals surface area contributed by atoms with Gasteiger partial charge >= 0.3 is 0 Å². The SMILES string of the molecule is CS(=O)(=O)c1ccc(-c2[c]cc(F)cc2)cc1. The number of hydrogen-bond donors (Lipinski definition) is 0. The molecule has 2 nitrogen and oxygen atoms in total. The molecule has 17 heavy (non-hydrogen) atoms. The Labute approximate surface area is 99.6 Å². The normalized spacial score (nSPS) is 11.4. The monoisotopic (exact) mass is 249 g/mol. The molecule has 0 aromatic heterocycles. The van der Waals surface area contributed by atoms with Crippen LogP contribution in [0.5, 0.6) is 0 Å². The maximum absolute atomic E-state index is 12.7. The summed E-state index contributed by atoms with van der Waals surface area (Å²) in [6, 6.07) is 13.4. The van der Waals surface area contributed by atoms with Gasteiger partial charge in [0.1, 0.15) is 5.82 Å². The van der Waals surface area contributed by atoms with E-state index in [0.717, 1.165) is 17.4 Å². The number of benzene rings is 2. The molecule has 0 aliphatic rings. The first kappa shape index (κ1) is 11.8. The van der Waals surface area contributed by atoms with E-state index in [2.05, 4.69) is 6.07 Å². The van der Waals surface area contributed by atoms with Gasteiger partial charge in [0.2, 0.25) is 0 Å². The minimum atomic E-state index is -3.18. The Morgan fingerprint density at radius 2 is 1.71 bits per heavy atom. The molecule has 87 valence electrons. The summed E-state index contributed by atoms with van der Waals surface area (Å²) < 4.78 is 35.2. The standard InChI is InChI=1S/C13H10FO2S/c1-17(15,16)13-8-4-11(5-9-13)10-2-6-12(14)7-3-10/h2,4-9H,1H3. The van der Waals surface area contributed by atoms with E-state index in [1.165, 1.54) is 24.3 Å². The summed E-state index contributed by atoms with van der Waals surface area (Å²) in [5.74, 6) is -0.346. The second kappa shape index (κ2) is 4.30. The highest BCUT2D eigenvalue weighted by Crippen LogP contribution is 2.21. The third-order valence-corrected chi connectivity index (χ3v) is 3.50. The van der Waals surface area contributed by atoms with Crippen molar-refractivity contribution in [1.82, 2.24) is 0 Å². The summed E-state index contributed by atoms with van der Waals surface area (Å²) in [7, 11) is -3.18. The van der Waals surface area contributed by atoms with Crippen molar-refractivity contribution in [3.05, 3.63) is 54.3 Å². The van der Waals surface area contributed by atoms with Gasteiger partial charge in [0, 0.05) is 6.26 Å². The van der Waals surface area contributed by atoms with Gasteiger partial charge in [-0.15, -0.1) is 0 Å². The zero-order valence-electron chi connectivity index (χ0n) is 9.14. The molecule has 0 unspecified atom stereocenters. The molecular weight excluding hydrogens is 239 g/mol. The van der Waals surface area contributed by atoms with Crippen LogP contribution in [-0.4, -0.2) is 14.7 Å². The van der Waals surface area contributed by atoms with Crippen LogP contribution in [0, 0.1) is 11.9 Å². The Morgan fingerprint density at radius 1 is 1.06 bits per heavy atom. The highest BCUT2D eigenvalue weighted by Gasteiger charge is 2.06. The Balaban J connectivity index is 2.39. The van der Waals surface area contributed by atoms with Crippen LogP contribution >= 0.6 is 0 Å². The molecule has 0 atom stereocenters. The third-order valence-electron chi connectivity index (χ3n) is 2.37. The van der Waals surface area contributed by atoms with Crippen LogP contribution in [0.25, 0.3) is 11.1 Å². The topological polar surface area (TPSA) is 34.1 Å². The molecule has 2 aromatic rings. The average molecular weight is 249 g/mol. The first-order valence-electron chi connectivity index (χ1n) is 4.94. The molecule has 1 radical (unpaired) electrons. The number of sulfone groups is 1. The third kappa shape index (κ3) is 2.71. The van der Waals surface area contributed by atoms with E-state index in [9.17, 15) is 12.8 Å². The second-order valence-electron chi connectivity index (χ2n) is 3.72. The Morgan fingerprint density at radius 3 is 2.18 bits per heavy atom. The lowest BCUT2D eigenvalue weighted by molar-refractivity contribution is 0.602. The quantitative estimate of drug-likeness (QED) is 0.820. The molecule has 0 bridgehead atoms. The molecule has 0 saturated carbocycles. The van der Waals surface area contributed by atoms with E-state index in [1.807, 2.05) is 0 Å². The zero-order valence-corrected chi connectivity index (χ0v) is 9.96. The highest BCUT2D eigenvalue weighted by molar-refractivity contribution is 7.90. The van der Waals surface area contributed by atoms with E-state index < -0.39 is 9.84 Å². The van der Waals surface area contributed by atoms with Gasteiger partial charge < -0.3 is 0 Å². The second-order valence-corrected chi connectivity index (χ2v) is 5.73. The van der Waals surface area contributed by atoms with Gasteiger partial charge in [0.25, 0.3) is 0 Å². The molecular formula is C13H10FO2S. The van der Waals surface area contributed by atoms with Crippen LogP contribution in [0.3, 0.4) is 0 Å². The summed E-state index contributed by atoms with van der Waals surface area (Å²) in [5, 5.41) is 0. The molecule has 2 rings (SSSR count). The summed E-state index contributed by atoms with van der Waals surface area (Å²) in [6.07, 6.45) is 1.16. The van der Waals surface area contributed by atoms with Crippen LogP contribution in [0.15, 0.2) is 47.4 Å². The predicted octanol–water partition coefficient (Wildman–Crippen LogP) is 2.70. The predicted molar refractivity (Wildman–Crippen MR) is 63.8 cm³/mol. The lowest BCUT2D eigenvalue weighted by Crippen LogP contribution is -1.96. The smallest absolute Gasteiger partial charge is 0.175 e. The minimum Gasteiger partial charge on any atom is -0.224 e. The van der Waals surface area contributed by atoms with E-state index in [-0.39, 0.29) is 10.7 Å². The fourth-order valence-electron chi connectivity index (χ4n) is 1.47. The van der Waals surface area contributed by atoms with Crippen molar-refractivity contribution in [2.24, 2.45) is 0 Å². The molecule has 4 heteroatoms. The summed E-state index contributed by atoms with van der Waals surface area (Å²) in [4.78, 5) is 0.267. The molecule has 0 fully saturated rings.